The van der Waals surface area contributed by atoms with E-state index in [0.29, 0.717) is 45.3 Å². The third-order valence-corrected chi connectivity index (χ3v) is 8.42. The monoisotopic (exact) mass is 528 g/mol. The van der Waals surface area contributed by atoms with E-state index in [9.17, 15) is 14.4 Å². The Morgan fingerprint density at radius 3 is 2.59 bits per heavy atom. The molecular formula is C32H40N4O3. The molecule has 1 saturated carbocycles. The lowest BCUT2D eigenvalue weighted by Crippen LogP contribution is -2.47. The van der Waals surface area contributed by atoms with E-state index in [1.807, 2.05) is 59.6 Å². The van der Waals surface area contributed by atoms with Crippen LogP contribution in [0.5, 0.6) is 0 Å². The highest BCUT2D eigenvalue weighted by molar-refractivity contribution is 5.86. The summed E-state index contributed by atoms with van der Waals surface area (Å²) >= 11 is 0. The van der Waals surface area contributed by atoms with E-state index in [4.69, 9.17) is 0 Å². The number of para-hydroxylation sites is 1. The zero-order chi connectivity index (χ0) is 27.0. The highest BCUT2D eigenvalue weighted by Gasteiger charge is 2.45. The summed E-state index contributed by atoms with van der Waals surface area (Å²) in [5, 5.41) is 7.39. The van der Waals surface area contributed by atoms with Crippen LogP contribution in [0, 0.1) is 11.8 Å². The van der Waals surface area contributed by atoms with Crippen molar-refractivity contribution >= 4 is 28.6 Å². The van der Waals surface area contributed by atoms with Crippen LogP contribution in [0.15, 0.2) is 60.8 Å². The first-order chi connectivity index (χ1) is 19.1. The minimum absolute atomic E-state index is 0.0149. The van der Waals surface area contributed by atoms with Crippen LogP contribution < -0.4 is 10.6 Å². The molecule has 5 rings (SSSR count). The van der Waals surface area contributed by atoms with Crippen LogP contribution in [0.25, 0.3) is 10.9 Å². The van der Waals surface area contributed by atoms with Gasteiger partial charge in [-0.3, -0.25) is 14.4 Å². The van der Waals surface area contributed by atoms with Crippen LogP contribution in [0.1, 0.15) is 56.1 Å². The molecule has 0 bridgehead atoms. The number of hydrogen-bond donors (Lipinski definition) is 3. The van der Waals surface area contributed by atoms with Crippen LogP contribution in [-0.2, 0) is 27.2 Å². The second-order valence-corrected chi connectivity index (χ2v) is 11.0. The molecule has 7 heteroatoms. The predicted octanol–water partition coefficient (Wildman–Crippen LogP) is 4.37. The topological polar surface area (TPSA) is 94.3 Å². The number of amides is 3. The average Bonchev–Trinajstić information content (AvgIpc) is 3.58. The Balaban J connectivity index is 1.25. The van der Waals surface area contributed by atoms with Gasteiger partial charge in [-0.05, 0) is 55.7 Å². The lowest BCUT2D eigenvalue weighted by atomic mass is 9.99. The first kappa shape index (κ1) is 27.0. The number of hydrogen-bond acceptors (Lipinski definition) is 3. The van der Waals surface area contributed by atoms with Crippen molar-refractivity contribution in [3.8, 4) is 0 Å². The molecule has 2 heterocycles. The van der Waals surface area contributed by atoms with E-state index in [1.54, 1.807) is 0 Å². The Hall–Kier alpha value is -3.61. The summed E-state index contributed by atoms with van der Waals surface area (Å²) in [5.41, 5.74) is 3.41. The molecule has 7 nitrogen and oxygen atoms in total. The highest BCUT2D eigenvalue weighted by atomic mass is 16.2. The number of benzene rings is 2. The van der Waals surface area contributed by atoms with Gasteiger partial charge in [0.15, 0.2) is 0 Å². The van der Waals surface area contributed by atoms with E-state index in [0.717, 1.165) is 43.2 Å². The van der Waals surface area contributed by atoms with Crippen molar-refractivity contribution in [3.05, 3.63) is 71.9 Å². The fourth-order valence-corrected chi connectivity index (χ4v) is 6.28. The number of aryl methyl sites for hydroxylation is 1. The number of nitrogens with zero attached hydrogens (tertiary/aromatic N) is 1. The van der Waals surface area contributed by atoms with Gasteiger partial charge in [0.05, 0.1) is 5.92 Å². The summed E-state index contributed by atoms with van der Waals surface area (Å²) in [6.07, 6.45) is 8.81. The fourth-order valence-electron chi connectivity index (χ4n) is 6.28. The molecule has 3 N–H and O–H groups in total. The molecule has 1 saturated heterocycles. The van der Waals surface area contributed by atoms with Crippen molar-refractivity contribution in [3.63, 3.8) is 0 Å². The quantitative estimate of drug-likeness (QED) is 0.425. The maximum Gasteiger partial charge on any atom is 0.225 e. The number of aromatic nitrogens is 1. The summed E-state index contributed by atoms with van der Waals surface area (Å²) in [4.78, 5) is 45.3. The van der Waals surface area contributed by atoms with E-state index in [1.165, 1.54) is 10.9 Å². The number of nitrogens with one attached hydrogen (secondary N) is 3. The van der Waals surface area contributed by atoms with Crippen LogP contribution in [0.4, 0.5) is 0 Å². The number of H-pyrrole nitrogens is 1. The molecule has 0 unspecified atom stereocenters. The standard InChI is InChI=1S/C32H40N4O3/c37-30(15-14-23-10-4-3-5-11-23)36-19-9-2-1-8-17-33-32(39)27-20-25(21-29(27)36)31(38)34-18-16-24-22-35-28-13-7-6-12-26(24)28/h3-7,10-13,22,25,27,29,35H,1-2,8-9,14-21H2,(H,33,39)(H,34,38)/t25-,27-,29+/m1/s1. The van der Waals surface area contributed by atoms with Crippen LogP contribution in [0.2, 0.25) is 0 Å². The molecule has 2 aliphatic rings. The highest BCUT2D eigenvalue weighted by Crippen LogP contribution is 2.36. The fraction of sp³-hybridized carbons (Fsp3) is 0.469. The molecular weight excluding hydrogens is 488 g/mol. The van der Waals surface area contributed by atoms with Gasteiger partial charge < -0.3 is 20.5 Å². The van der Waals surface area contributed by atoms with Crippen molar-refractivity contribution in [2.24, 2.45) is 11.8 Å². The minimum atomic E-state index is -0.354. The van der Waals surface area contributed by atoms with Gasteiger partial charge in [-0.25, -0.2) is 0 Å². The van der Waals surface area contributed by atoms with Crippen molar-refractivity contribution < 1.29 is 14.4 Å². The minimum Gasteiger partial charge on any atom is -0.361 e. The van der Waals surface area contributed by atoms with Gasteiger partial charge in [-0.2, -0.15) is 0 Å². The van der Waals surface area contributed by atoms with E-state index in [2.05, 4.69) is 21.7 Å². The summed E-state index contributed by atoms with van der Waals surface area (Å²) in [5.74, 6) is -0.578. The molecule has 1 aromatic heterocycles. The van der Waals surface area contributed by atoms with E-state index >= 15 is 0 Å². The zero-order valence-electron chi connectivity index (χ0n) is 22.7. The molecule has 39 heavy (non-hydrogen) atoms. The van der Waals surface area contributed by atoms with Gasteiger partial charge in [-0.15, -0.1) is 0 Å². The first-order valence-corrected chi connectivity index (χ1v) is 14.5. The summed E-state index contributed by atoms with van der Waals surface area (Å²) in [7, 11) is 0. The van der Waals surface area contributed by atoms with Crippen molar-refractivity contribution in [1.82, 2.24) is 20.5 Å². The SMILES string of the molecule is O=C(NCCc1c[nH]c2ccccc12)[C@@H]1C[C@H]2C(=O)NCCCCCCN(C(=O)CCc3ccccc3)[C@H]2C1. The largest absolute Gasteiger partial charge is 0.361 e. The summed E-state index contributed by atoms with van der Waals surface area (Å²) in [6, 6.07) is 18.0. The van der Waals surface area contributed by atoms with Crippen molar-refractivity contribution in [2.75, 3.05) is 19.6 Å². The normalized spacial score (nSPS) is 22.1. The number of fused-ring (bicyclic) bond motifs is 2. The molecule has 2 aromatic carbocycles. The average molecular weight is 529 g/mol. The van der Waals surface area contributed by atoms with E-state index < -0.39 is 0 Å². The van der Waals surface area contributed by atoms with Crippen LogP contribution >= 0.6 is 0 Å². The number of carbonyl (C=O) groups is 3. The molecule has 2 fully saturated rings. The van der Waals surface area contributed by atoms with Gasteiger partial charge >= 0.3 is 0 Å². The zero-order valence-corrected chi connectivity index (χ0v) is 22.7. The molecule has 3 aromatic rings. The molecule has 0 radical (unpaired) electrons. The third kappa shape index (κ3) is 6.70. The van der Waals surface area contributed by atoms with Crippen LogP contribution in [-0.4, -0.2) is 53.3 Å². The van der Waals surface area contributed by atoms with Crippen LogP contribution in [0.3, 0.4) is 0 Å². The first-order valence-electron chi connectivity index (χ1n) is 14.5. The molecule has 1 aliphatic carbocycles. The maximum atomic E-state index is 13.5. The third-order valence-electron chi connectivity index (χ3n) is 8.42. The Kier molecular flexibility index (Phi) is 8.96. The number of rotatable bonds is 7. The van der Waals surface area contributed by atoms with E-state index in [-0.39, 0.29) is 35.6 Å². The Labute approximate surface area is 230 Å². The summed E-state index contributed by atoms with van der Waals surface area (Å²) < 4.78 is 0. The summed E-state index contributed by atoms with van der Waals surface area (Å²) in [6.45, 7) is 1.85. The Morgan fingerprint density at radius 2 is 1.72 bits per heavy atom. The predicted molar refractivity (Wildman–Crippen MR) is 153 cm³/mol. The van der Waals surface area contributed by atoms with Gasteiger partial charge in [0.2, 0.25) is 17.7 Å². The maximum absolute atomic E-state index is 13.5. The Morgan fingerprint density at radius 1 is 0.923 bits per heavy atom. The van der Waals surface area contributed by atoms with Gasteiger partial charge in [0, 0.05) is 55.1 Å². The molecule has 206 valence electrons. The van der Waals surface area contributed by atoms with Gasteiger partial charge in [0.1, 0.15) is 0 Å². The van der Waals surface area contributed by atoms with Crippen molar-refractivity contribution in [2.45, 2.75) is 63.8 Å². The lowest BCUT2D eigenvalue weighted by Gasteiger charge is -2.33. The number of carbonyl (C=O) groups excluding carboxylic acids is 3. The van der Waals surface area contributed by atoms with Crippen molar-refractivity contribution in [1.29, 1.82) is 0 Å². The Bertz CT molecular complexity index is 1270. The second kappa shape index (κ2) is 13.0. The molecule has 3 atom stereocenters. The molecule has 1 aliphatic heterocycles. The van der Waals surface area contributed by atoms with Gasteiger partial charge in [0.25, 0.3) is 0 Å². The van der Waals surface area contributed by atoms with Gasteiger partial charge in [-0.1, -0.05) is 61.4 Å². The smallest absolute Gasteiger partial charge is 0.225 e. The lowest BCUT2D eigenvalue weighted by molar-refractivity contribution is -0.136. The molecule has 0 spiro atoms. The molecule has 3 amide bonds. The number of aromatic amines is 1. The second-order valence-electron chi connectivity index (χ2n) is 11.0.